The van der Waals surface area contributed by atoms with E-state index in [4.69, 9.17) is 27.9 Å². The number of methoxy groups -OCH3 is 1. The third kappa shape index (κ3) is 4.57. The number of esters is 1. The summed E-state index contributed by atoms with van der Waals surface area (Å²) in [5.41, 5.74) is 2.09. The van der Waals surface area contributed by atoms with E-state index in [1.54, 1.807) is 0 Å². The Morgan fingerprint density at radius 1 is 1.07 bits per heavy atom. The van der Waals surface area contributed by atoms with Crippen molar-refractivity contribution in [3.63, 3.8) is 0 Å². The van der Waals surface area contributed by atoms with Gasteiger partial charge in [-0.25, -0.2) is 8.42 Å². The maximum Gasteiger partial charge on any atom is 0.326 e. The third-order valence-corrected chi connectivity index (χ3v) is 6.64. The zero-order valence-corrected chi connectivity index (χ0v) is 17.7. The quantitative estimate of drug-likeness (QED) is 0.608. The van der Waals surface area contributed by atoms with Gasteiger partial charge in [-0.15, -0.1) is 0 Å². The number of aryl methyl sites for hydroxylation is 2. The molecule has 0 fully saturated rings. The van der Waals surface area contributed by atoms with Crippen molar-refractivity contribution in [3.8, 4) is 0 Å². The van der Waals surface area contributed by atoms with Crippen LogP contribution in [0.1, 0.15) is 25.0 Å². The normalized spacial score (nSPS) is 11.3. The lowest BCUT2D eigenvalue weighted by molar-refractivity contribution is -0.138. The van der Waals surface area contributed by atoms with Crippen molar-refractivity contribution in [2.75, 3.05) is 18.0 Å². The second-order valence-electron chi connectivity index (χ2n) is 5.79. The van der Waals surface area contributed by atoms with Gasteiger partial charge in [0, 0.05) is 5.02 Å². The number of anilines is 1. The summed E-state index contributed by atoms with van der Waals surface area (Å²) in [6, 6.07) is 9.76. The van der Waals surface area contributed by atoms with Crippen LogP contribution in [0.15, 0.2) is 41.3 Å². The lowest BCUT2D eigenvalue weighted by atomic mass is 10.0. The molecule has 2 aromatic rings. The van der Waals surface area contributed by atoms with E-state index >= 15 is 0 Å². The Morgan fingerprint density at radius 2 is 1.67 bits per heavy atom. The standard InChI is InChI=1S/C19H21Cl2NO4S/c1-4-13-7-6-8-14(5-2)19(13)22(12-18(23)26-3)27(24,25)17-11-15(20)9-10-16(17)21/h6-11H,4-5,12H2,1-3H3. The van der Waals surface area contributed by atoms with Crippen LogP contribution in [0.2, 0.25) is 10.0 Å². The number of hydrogen-bond acceptors (Lipinski definition) is 4. The molecule has 0 saturated heterocycles. The van der Waals surface area contributed by atoms with Gasteiger partial charge in [0.1, 0.15) is 11.4 Å². The van der Waals surface area contributed by atoms with Crippen LogP contribution in [0, 0.1) is 0 Å². The summed E-state index contributed by atoms with van der Waals surface area (Å²) < 4.78 is 32.7. The Balaban J connectivity index is 2.77. The molecule has 0 amide bonds. The van der Waals surface area contributed by atoms with E-state index in [2.05, 4.69) is 0 Å². The maximum absolute atomic E-state index is 13.5. The highest BCUT2D eigenvalue weighted by molar-refractivity contribution is 7.93. The van der Waals surface area contributed by atoms with Crippen LogP contribution in [-0.2, 0) is 32.4 Å². The molecule has 8 heteroatoms. The molecule has 0 spiro atoms. The van der Waals surface area contributed by atoms with Gasteiger partial charge in [-0.1, -0.05) is 55.2 Å². The Bertz CT molecular complexity index is 922. The summed E-state index contributed by atoms with van der Waals surface area (Å²) in [5, 5.41) is 0.261. The van der Waals surface area contributed by atoms with Gasteiger partial charge in [-0.2, -0.15) is 0 Å². The Kier molecular flexibility index (Phi) is 7.14. The summed E-state index contributed by atoms with van der Waals surface area (Å²) in [4.78, 5) is 11.9. The number of sulfonamides is 1. The molecule has 2 aromatic carbocycles. The second-order valence-corrected chi connectivity index (χ2v) is 8.47. The van der Waals surface area contributed by atoms with E-state index in [1.807, 2.05) is 32.0 Å². The molecule has 0 saturated carbocycles. The number of carbonyl (C=O) groups is 1. The minimum absolute atomic E-state index is 0.0290. The van der Waals surface area contributed by atoms with Crippen molar-refractivity contribution in [1.82, 2.24) is 0 Å². The topological polar surface area (TPSA) is 63.7 Å². The maximum atomic E-state index is 13.5. The van der Waals surface area contributed by atoms with Gasteiger partial charge in [-0.3, -0.25) is 9.10 Å². The van der Waals surface area contributed by atoms with Crippen LogP contribution in [-0.4, -0.2) is 28.0 Å². The molecule has 0 N–H and O–H groups in total. The van der Waals surface area contributed by atoms with Crippen LogP contribution in [0.25, 0.3) is 0 Å². The van der Waals surface area contributed by atoms with Crippen LogP contribution in [0.4, 0.5) is 5.69 Å². The van der Waals surface area contributed by atoms with Crippen molar-refractivity contribution >= 4 is 44.9 Å². The van der Waals surface area contributed by atoms with Gasteiger partial charge < -0.3 is 4.74 Å². The smallest absolute Gasteiger partial charge is 0.326 e. The van der Waals surface area contributed by atoms with Crippen LogP contribution in [0.5, 0.6) is 0 Å². The molecular formula is C19H21Cl2NO4S. The van der Waals surface area contributed by atoms with Crippen LogP contribution >= 0.6 is 23.2 Å². The number of nitrogens with zero attached hydrogens (tertiary/aromatic N) is 1. The van der Waals surface area contributed by atoms with E-state index in [0.29, 0.717) is 18.5 Å². The zero-order valence-electron chi connectivity index (χ0n) is 15.3. The largest absolute Gasteiger partial charge is 0.468 e. The minimum atomic E-state index is -4.16. The third-order valence-electron chi connectivity index (χ3n) is 4.18. The molecule has 146 valence electrons. The lowest BCUT2D eigenvalue weighted by Gasteiger charge is -2.28. The molecule has 5 nitrogen and oxygen atoms in total. The lowest BCUT2D eigenvalue weighted by Crippen LogP contribution is -2.37. The molecule has 0 aromatic heterocycles. The van der Waals surface area contributed by atoms with Crippen LogP contribution in [0.3, 0.4) is 0 Å². The minimum Gasteiger partial charge on any atom is -0.468 e. The molecule has 27 heavy (non-hydrogen) atoms. The molecule has 0 aliphatic heterocycles. The number of benzene rings is 2. The average Bonchev–Trinajstić information content (AvgIpc) is 2.66. The number of para-hydroxylation sites is 1. The Morgan fingerprint density at radius 3 is 2.19 bits per heavy atom. The molecule has 0 bridgehead atoms. The molecule has 0 aliphatic carbocycles. The van der Waals surface area contributed by atoms with Crippen molar-refractivity contribution < 1.29 is 17.9 Å². The number of rotatable bonds is 7. The SMILES string of the molecule is CCc1cccc(CC)c1N(CC(=O)OC)S(=O)(=O)c1cc(Cl)ccc1Cl. The monoisotopic (exact) mass is 429 g/mol. The molecule has 0 atom stereocenters. The predicted octanol–water partition coefficient (Wildman–Crippen LogP) is 4.49. The highest BCUT2D eigenvalue weighted by atomic mass is 35.5. The molecular weight excluding hydrogens is 409 g/mol. The molecule has 2 rings (SSSR count). The van der Waals surface area contributed by atoms with E-state index in [-0.39, 0.29) is 14.9 Å². The van der Waals surface area contributed by atoms with Gasteiger partial charge in [0.25, 0.3) is 10.0 Å². The fourth-order valence-electron chi connectivity index (χ4n) is 2.80. The summed E-state index contributed by atoms with van der Waals surface area (Å²) >= 11 is 12.1. The molecule has 0 heterocycles. The van der Waals surface area contributed by atoms with Crippen molar-refractivity contribution in [1.29, 1.82) is 0 Å². The van der Waals surface area contributed by atoms with Gasteiger partial charge in [-0.05, 0) is 42.2 Å². The van der Waals surface area contributed by atoms with Crippen LogP contribution < -0.4 is 4.31 Å². The molecule has 0 radical (unpaired) electrons. The van der Waals surface area contributed by atoms with Crippen molar-refractivity contribution in [3.05, 3.63) is 57.6 Å². The fourth-order valence-corrected chi connectivity index (χ4v) is 5.02. The highest BCUT2D eigenvalue weighted by Gasteiger charge is 2.32. The van der Waals surface area contributed by atoms with Gasteiger partial charge >= 0.3 is 5.97 Å². The van der Waals surface area contributed by atoms with E-state index in [9.17, 15) is 13.2 Å². The number of hydrogen-bond donors (Lipinski definition) is 0. The van der Waals surface area contributed by atoms with E-state index in [1.165, 1.54) is 25.3 Å². The number of ether oxygens (including phenoxy) is 1. The zero-order chi connectivity index (χ0) is 20.2. The summed E-state index contributed by atoms with van der Waals surface area (Å²) in [6.45, 7) is 3.38. The second kappa shape index (κ2) is 8.95. The molecule has 0 aliphatic rings. The van der Waals surface area contributed by atoms with Gasteiger partial charge in [0.15, 0.2) is 0 Å². The molecule has 0 unspecified atom stereocenters. The van der Waals surface area contributed by atoms with Gasteiger partial charge in [0.2, 0.25) is 0 Å². The first-order chi connectivity index (χ1) is 12.8. The van der Waals surface area contributed by atoms with Crippen molar-refractivity contribution in [2.45, 2.75) is 31.6 Å². The first kappa shape index (κ1) is 21.5. The van der Waals surface area contributed by atoms with Crippen molar-refractivity contribution in [2.24, 2.45) is 0 Å². The van der Waals surface area contributed by atoms with Gasteiger partial charge in [0.05, 0.1) is 17.8 Å². The fraction of sp³-hybridized carbons (Fsp3) is 0.316. The van der Waals surface area contributed by atoms with E-state index in [0.717, 1.165) is 15.4 Å². The Labute approximate surface area is 169 Å². The first-order valence-electron chi connectivity index (χ1n) is 8.41. The number of halogens is 2. The first-order valence-corrected chi connectivity index (χ1v) is 10.6. The summed E-state index contributed by atoms with van der Waals surface area (Å²) in [7, 11) is -2.95. The van der Waals surface area contributed by atoms with E-state index < -0.39 is 22.5 Å². The summed E-state index contributed by atoms with van der Waals surface area (Å²) in [6.07, 6.45) is 1.19. The highest BCUT2D eigenvalue weighted by Crippen LogP contribution is 2.34. The average molecular weight is 430 g/mol. The Hall–Kier alpha value is -1.76. The summed E-state index contributed by atoms with van der Waals surface area (Å²) in [5.74, 6) is -0.676. The number of carbonyl (C=O) groups excluding carboxylic acids is 1. The predicted molar refractivity (Wildman–Crippen MR) is 108 cm³/mol.